The van der Waals surface area contributed by atoms with Crippen LogP contribution in [0.3, 0.4) is 0 Å². The fourth-order valence-corrected chi connectivity index (χ4v) is 10.0. The van der Waals surface area contributed by atoms with Gasteiger partial charge in [0, 0.05) is 53.1 Å². The maximum atomic E-state index is 13.2. The summed E-state index contributed by atoms with van der Waals surface area (Å²) in [5, 5.41) is 14.0. The summed E-state index contributed by atoms with van der Waals surface area (Å²) < 4.78 is 21.9. The first-order valence-electron chi connectivity index (χ1n) is 21.3. The van der Waals surface area contributed by atoms with Crippen LogP contribution in [0.4, 0.5) is 5.69 Å². The second-order valence-corrected chi connectivity index (χ2v) is 17.4. The first-order valence-corrected chi connectivity index (χ1v) is 22.1. The van der Waals surface area contributed by atoms with Crippen LogP contribution in [0.1, 0.15) is 66.7 Å². The molecular formula is C46H49N7O8S. The number of para-hydroxylation sites is 1. The number of aryl methyl sites for hydroxylation is 1. The highest BCUT2D eigenvalue weighted by atomic mass is 32.1. The third-order valence-electron chi connectivity index (χ3n) is 12.0. The Bertz CT molecular complexity index is 2770. The quantitative estimate of drug-likeness (QED) is 0.0870. The molecule has 322 valence electrons. The number of amides is 4. The maximum Gasteiger partial charge on any atom is 0.329 e. The lowest BCUT2D eigenvalue weighted by molar-refractivity contribution is -0.135. The molecule has 2 atom stereocenters. The van der Waals surface area contributed by atoms with Crippen LogP contribution in [0.15, 0.2) is 71.5 Å². The highest BCUT2D eigenvalue weighted by molar-refractivity contribution is 7.21. The smallest absolute Gasteiger partial charge is 0.329 e. The van der Waals surface area contributed by atoms with Crippen LogP contribution in [-0.4, -0.2) is 88.9 Å². The Hall–Kier alpha value is -6.10. The monoisotopic (exact) mass is 859 g/mol. The largest absolute Gasteiger partial charge is 0.490 e. The van der Waals surface area contributed by atoms with Gasteiger partial charge in [0.1, 0.15) is 23.3 Å². The van der Waals surface area contributed by atoms with Crippen molar-refractivity contribution in [3.63, 3.8) is 0 Å². The Morgan fingerprint density at radius 2 is 1.76 bits per heavy atom. The molecule has 3 aliphatic rings. The molecule has 1 unspecified atom stereocenters. The molecule has 2 aliphatic heterocycles. The zero-order chi connectivity index (χ0) is 42.9. The maximum absolute atomic E-state index is 13.2. The summed E-state index contributed by atoms with van der Waals surface area (Å²) >= 11 is 1.50. The number of rotatable bonds is 13. The van der Waals surface area contributed by atoms with Gasteiger partial charge >= 0.3 is 5.69 Å². The average molecular weight is 860 g/mol. The van der Waals surface area contributed by atoms with E-state index in [-0.39, 0.29) is 67.7 Å². The van der Waals surface area contributed by atoms with Crippen LogP contribution in [0.5, 0.6) is 5.75 Å². The van der Waals surface area contributed by atoms with Crippen molar-refractivity contribution < 1.29 is 33.4 Å². The molecule has 4 amide bonds. The number of fused-ring (bicyclic) bond motifs is 6. The molecule has 0 radical (unpaired) electrons. The van der Waals surface area contributed by atoms with Gasteiger partial charge in [-0.1, -0.05) is 24.3 Å². The summed E-state index contributed by atoms with van der Waals surface area (Å²) in [6.07, 6.45) is 4.26. The van der Waals surface area contributed by atoms with Crippen molar-refractivity contribution in [1.82, 2.24) is 30.1 Å². The van der Waals surface area contributed by atoms with E-state index in [1.807, 2.05) is 67.6 Å². The predicted molar refractivity (Wildman–Crippen MR) is 237 cm³/mol. The molecule has 0 bridgehead atoms. The number of hydrogen-bond donors (Lipinski definition) is 4. The van der Waals surface area contributed by atoms with E-state index in [4.69, 9.17) is 19.2 Å². The van der Waals surface area contributed by atoms with Gasteiger partial charge in [0.05, 0.1) is 53.9 Å². The number of piperidine rings is 1. The van der Waals surface area contributed by atoms with Gasteiger partial charge in [0.15, 0.2) is 0 Å². The average Bonchev–Trinajstić information content (AvgIpc) is 3.72. The molecule has 1 saturated heterocycles. The van der Waals surface area contributed by atoms with Gasteiger partial charge in [-0.3, -0.25) is 33.6 Å². The number of nitrogens with one attached hydrogen (secondary N) is 4. The number of ether oxygens (including phenoxy) is 3. The lowest BCUT2D eigenvalue weighted by atomic mass is 9.93. The Labute approximate surface area is 361 Å². The molecule has 9 rings (SSSR count). The minimum Gasteiger partial charge on any atom is -0.490 e. The lowest BCUT2D eigenvalue weighted by Gasteiger charge is -2.29. The first-order chi connectivity index (χ1) is 30.1. The van der Waals surface area contributed by atoms with Gasteiger partial charge in [-0.15, -0.1) is 11.3 Å². The normalized spacial score (nSPS) is 20.4. The predicted octanol–water partition coefficient (Wildman–Crippen LogP) is 5.37. The molecule has 3 aromatic heterocycles. The number of imide groups is 1. The highest BCUT2D eigenvalue weighted by Gasteiger charge is 2.32. The van der Waals surface area contributed by atoms with E-state index in [9.17, 15) is 24.0 Å². The Morgan fingerprint density at radius 3 is 2.60 bits per heavy atom. The van der Waals surface area contributed by atoms with Gasteiger partial charge in [-0.05, 0) is 93.5 Å². The minimum absolute atomic E-state index is 0.0352. The fraction of sp³-hybridized carbons (Fsp3) is 0.391. The summed E-state index contributed by atoms with van der Waals surface area (Å²) in [6, 6.07) is 21.1. The first kappa shape index (κ1) is 41.3. The van der Waals surface area contributed by atoms with Gasteiger partial charge in [0.2, 0.25) is 17.7 Å². The summed E-state index contributed by atoms with van der Waals surface area (Å²) in [5.41, 5.74) is 5.50. The van der Waals surface area contributed by atoms with Crippen LogP contribution >= 0.6 is 11.3 Å². The van der Waals surface area contributed by atoms with Gasteiger partial charge in [-0.25, -0.2) is 9.78 Å². The highest BCUT2D eigenvalue weighted by Crippen LogP contribution is 2.41. The van der Waals surface area contributed by atoms with E-state index in [2.05, 4.69) is 27.3 Å². The van der Waals surface area contributed by atoms with Crippen molar-refractivity contribution in [1.29, 1.82) is 0 Å². The topological polar surface area (TPSA) is 184 Å². The van der Waals surface area contributed by atoms with E-state index in [1.165, 1.54) is 20.5 Å². The number of carbonyl (C=O) groups excluding carboxylic acids is 4. The fourth-order valence-electron chi connectivity index (χ4n) is 8.92. The van der Waals surface area contributed by atoms with E-state index < -0.39 is 11.9 Å². The zero-order valence-electron chi connectivity index (χ0n) is 34.7. The van der Waals surface area contributed by atoms with Crippen molar-refractivity contribution >= 4 is 72.7 Å². The molecule has 16 heteroatoms. The van der Waals surface area contributed by atoms with E-state index >= 15 is 0 Å². The summed E-state index contributed by atoms with van der Waals surface area (Å²) in [5.74, 6) is -0.222. The number of hydrogen-bond acceptors (Lipinski definition) is 11. The number of aromatic nitrogens is 3. The number of nitrogens with zero attached hydrogens (tertiary/aromatic N) is 3. The molecule has 3 aromatic carbocycles. The SMILES string of the molecule is C[C@@H]1CNc2c(sc3ccc4nc(-c5cccc(OC6CCC(NC(=O)COCCOCCc7cccc8c7n(C)c(=O)n8C7CCC(=O)NC7=O)CC6)c5)ccc4c23)C(=O)N1. The number of thiophene rings is 1. The molecule has 4 N–H and O–H groups in total. The molecule has 5 heterocycles. The van der Waals surface area contributed by atoms with Gasteiger partial charge in [0.25, 0.3) is 5.91 Å². The van der Waals surface area contributed by atoms with Gasteiger partial charge in [-0.2, -0.15) is 0 Å². The summed E-state index contributed by atoms with van der Waals surface area (Å²) in [7, 11) is 1.68. The molecule has 1 aliphatic carbocycles. The van der Waals surface area contributed by atoms with Crippen LogP contribution in [0.25, 0.3) is 43.3 Å². The number of imidazole rings is 1. The van der Waals surface area contributed by atoms with E-state index in [1.54, 1.807) is 7.05 Å². The van der Waals surface area contributed by atoms with E-state index in [0.717, 1.165) is 80.4 Å². The number of pyridine rings is 1. The van der Waals surface area contributed by atoms with Crippen LogP contribution < -0.4 is 31.7 Å². The zero-order valence-corrected chi connectivity index (χ0v) is 35.5. The van der Waals surface area contributed by atoms with Crippen LogP contribution in [0, 0.1) is 0 Å². The Kier molecular flexibility index (Phi) is 11.8. The van der Waals surface area contributed by atoms with Crippen molar-refractivity contribution in [3.8, 4) is 17.0 Å². The van der Waals surface area contributed by atoms with Gasteiger partial charge < -0.3 is 30.2 Å². The second-order valence-electron chi connectivity index (χ2n) is 16.3. The molecule has 2 fully saturated rings. The van der Waals surface area contributed by atoms with E-state index in [0.29, 0.717) is 36.6 Å². The third kappa shape index (κ3) is 8.41. The second kappa shape index (κ2) is 17.7. The molecule has 6 aromatic rings. The molecule has 0 spiro atoms. The Morgan fingerprint density at radius 1 is 0.935 bits per heavy atom. The number of benzene rings is 3. The molecule has 15 nitrogen and oxygen atoms in total. The van der Waals surface area contributed by atoms with Crippen molar-refractivity contribution in [2.45, 2.75) is 76.1 Å². The van der Waals surface area contributed by atoms with Crippen LogP contribution in [0.2, 0.25) is 0 Å². The summed E-state index contributed by atoms with van der Waals surface area (Å²) in [4.78, 5) is 68.7. The molecule has 62 heavy (non-hydrogen) atoms. The molecular weight excluding hydrogens is 811 g/mol. The number of carbonyl (C=O) groups is 4. The standard InChI is InChI=1S/C46H49N7O8S/c1-26-24-47-41-40-32-13-14-33(50-34(32)15-17-37(40)62-43(41)45(57)48-26)28-6-3-7-31(23-28)61-30-11-9-29(10-12-30)49-39(55)25-60-22-21-59-20-19-27-5-4-8-35-42(27)52(2)46(58)53(35)36-16-18-38(54)51-44(36)56/h3-8,13-15,17,23,26,29-30,36,47H,9-12,16,18-22,24-25H2,1-2H3,(H,48,57)(H,49,55)(H,51,54,56)/t26-,29?,30?,36?/m1/s1. The Balaban J connectivity index is 0.709. The third-order valence-corrected chi connectivity index (χ3v) is 13.1. The number of anilines is 1. The van der Waals surface area contributed by atoms with Crippen molar-refractivity contribution in [2.24, 2.45) is 7.05 Å². The van der Waals surface area contributed by atoms with Crippen LogP contribution in [-0.2, 0) is 37.3 Å². The lowest BCUT2D eigenvalue weighted by Crippen LogP contribution is -2.44. The van der Waals surface area contributed by atoms with Crippen molar-refractivity contribution in [3.05, 3.63) is 87.7 Å². The van der Waals surface area contributed by atoms with Crippen molar-refractivity contribution in [2.75, 3.05) is 38.3 Å². The molecule has 1 saturated carbocycles. The minimum atomic E-state index is -0.739. The summed E-state index contributed by atoms with van der Waals surface area (Å²) in [6.45, 7) is 3.54.